The number of aliphatic hydroxyl groups excluding tert-OH is 1. The molecule has 0 aliphatic heterocycles. The third kappa shape index (κ3) is 3.67. The van der Waals surface area contributed by atoms with Crippen LogP contribution in [0.15, 0.2) is 30.3 Å². The van der Waals surface area contributed by atoms with Crippen molar-refractivity contribution in [1.29, 1.82) is 0 Å². The van der Waals surface area contributed by atoms with Gasteiger partial charge in [0, 0.05) is 11.1 Å². The number of para-hydroxylation sites is 1. The lowest BCUT2D eigenvalue weighted by Crippen LogP contribution is -2.41. The number of benzene rings is 1. The summed E-state index contributed by atoms with van der Waals surface area (Å²) in [6.07, 6.45) is -1.63. The van der Waals surface area contributed by atoms with E-state index in [1.54, 1.807) is 45.0 Å². The zero-order valence-electron chi connectivity index (χ0n) is 10.2. The molecule has 1 aromatic rings. The fraction of sp³-hybridized carbons (Fsp3) is 0.385. The molecule has 0 saturated heterocycles. The van der Waals surface area contributed by atoms with Crippen molar-refractivity contribution >= 4 is 17.4 Å². The molecule has 0 aromatic heterocycles. The second-order valence-electron chi connectivity index (χ2n) is 4.87. The first kappa shape index (κ1) is 13.4. The van der Waals surface area contributed by atoms with Crippen molar-refractivity contribution < 1.29 is 14.7 Å². The molecule has 2 N–H and O–H groups in total. The van der Waals surface area contributed by atoms with E-state index in [0.717, 1.165) is 0 Å². The van der Waals surface area contributed by atoms with E-state index in [9.17, 15) is 14.7 Å². The molecule has 4 heteroatoms. The van der Waals surface area contributed by atoms with Gasteiger partial charge in [0.1, 0.15) is 0 Å². The van der Waals surface area contributed by atoms with Crippen LogP contribution in [-0.2, 0) is 9.59 Å². The number of rotatable bonds is 3. The van der Waals surface area contributed by atoms with E-state index >= 15 is 0 Å². The molecule has 0 heterocycles. The van der Waals surface area contributed by atoms with Gasteiger partial charge in [-0.3, -0.25) is 9.59 Å². The highest BCUT2D eigenvalue weighted by Gasteiger charge is 2.32. The molecule has 92 valence electrons. The number of Topliss-reactive ketones (excluding diaryl/α,β-unsaturated/α-hetero) is 1. The molecular formula is C13H17NO3. The quantitative estimate of drug-likeness (QED) is 0.782. The number of hydrogen-bond acceptors (Lipinski definition) is 3. The molecule has 0 saturated carbocycles. The van der Waals surface area contributed by atoms with Crippen LogP contribution in [0.5, 0.6) is 0 Å². The van der Waals surface area contributed by atoms with Crippen LogP contribution in [0, 0.1) is 5.41 Å². The van der Waals surface area contributed by atoms with Crippen LogP contribution in [0.25, 0.3) is 0 Å². The van der Waals surface area contributed by atoms with Gasteiger partial charge in [0.2, 0.25) is 0 Å². The Hall–Kier alpha value is -1.68. The number of hydrogen-bond donors (Lipinski definition) is 2. The summed E-state index contributed by atoms with van der Waals surface area (Å²) in [5.74, 6) is -1.19. The molecule has 0 spiro atoms. The first-order valence-corrected chi connectivity index (χ1v) is 5.40. The average molecular weight is 235 g/mol. The van der Waals surface area contributed by atoms with Crippen molar-refractivity contribution in [3.63, 3.8) is 0 Å². The minimum atomic E-state index is -1.63. The highest BCUT2D eigenvalue weighted by molar-refractivity contribution is 6.11. The minimum absolute atomic E-state index is 0.495. The molecule has 0 radical (unpaired) electrons. The Bertz CT molecular complexity index is 406. The van der Waals surface area contributed by atoms with E-state index in [2.05, 4.69) is 5.32 Å². The highest BCUT2D eigenvalue weighted by atomic mass is 16.3. The molecule has 0 bridgehead atoms. The summed E-state index contributed by atoms with van der Waals surface area (Å²) in [5, 5.41) is 12.1. The number of anilines is 1. The van der Waals surface area contributed by atoms with Gasteiger partial charge < -0.3 is 10.4 Å². The second kappa shape index (κ2) is 5.10. The Labute approximate surface area is 101 Å². The summed E-state index contributed by atoms with van der Waals surface area (Å²) >= 11 is 0. The van der Waals surface area contributed by atoms with Crippen molar-refractivity contribution in [3.8, 4) is 0 Å². The van der Waals surface area contributed by atoms with E-state index in [1.165, 1.54) is 0 Å². The molecular weight excluding hydrogens is 218 g/mol. The number of nitrogens with one attached hydrogen (secondary N) is 1. The summed E-state index contributed by atoms with van der Waals surface area (Å²) in [6, 6.07) is 8.70. The predicted octanol–water partition coefficient (Wildman–Crippen LogP) is 1.60. The summed E-state index contributed by atoms with van der Waals surface area (Å²) in [4.78, 5) is 23.3. The van der Waals surface area contributed by atoms with Crippen LogP contribution >= 0.6 is 0 Å². The monoisotopic (exact) mass is 235 g/mol. The summed E-state index contributed by atoms with van der Waals surface area (Å²) in [6.45, 7) is 4.98. The van der Waals surface area contributed by atoms with Crippen molar-refractivity contribution in [2.24, 2.45) is 5.41 Å². The molecule has 1 unspecified atom stereocenters. The molecule has 17 heavy (non-hydrogen) atoms. The summed E-state index contributed by atoms with van der Waals surface area (Å²) < 4.78 is 0. The van der Waals surface area contributed by atoms with Crippen LogP contribution in [0.1, 0.15) is 20.8 Å². The normalized spacial score (nSPS) is 12.9. The highest BCUT2D eigenvalue weighted by Crippen LogP contribution is 2.17. The lowest BCUT2D eigenvalue weighted by molar-refractivity contribution is -0.142. The smallest absolute Gasteiger partial charge is 0.260 e. The molecule has 1 amide bonds. The second-order valence-corrected chi connectivity index (χ2v) is 4.87. The van der Waals surface area contributed by atoms with Gasteiger partial charge in [-0.25, -0.2) is 0 Å². The van der Waals surface area contributed by atoms with Gasteiger partial charge in [0.15, 0.2) is 11.9 Å². The van der Waals surface area contributed by atoms with Gasteiger partial charge in [0.25, 0.3) is 5.91 Å². The van der Waals surface area contributed by atoms with Gasteiger partial charge in [-0.05, 0) is 12.1 Å². The summed E-state index contributed by atoms with van der Waals surface area (Å²) in [7, 11) is 0. The largest absolute Gasteiger partial charge is 0.376 e. The number of carbonyl (C=O) groups is 2. The topological polar surface area (TPSA) is 66.4 Å². The maximum atomic E-state index is 11.7. The van der Waals surface area contributed by atoms with Crippen LogP contribution in [-0.4, -0.2) is 22.9 Å². The predicted molar refractivity (Wildman–Crippen MR) is 65.5 cm³/mol. The maximum absolute atomic E-state index is 11.7. The lowest BCUT2D eigenvalue weighted by atomic mass is 9.87. The van der Waals surface area contributed by atoms with Gasteiger partial charge in [-0.15, -0.1) is 0 Å². The van der Waals surface area contributed by atoms with E-state index in [0.29, 0.717) is 5.69 Å². The van der Waals surface area contributed by atoms with Crippen LogP contribution in [0.2, 0.25) is 0 Å². The van der Waals surface area contributed by atoms with E-state index in [1.807, 2.05) is 6.07 Å². The fourth-order valence-corrected chi connectivity index (χ4v) is 1.26. The lowest BCUT2D eigenvalue weighted by Gasteiger charge is -2.20. The Morgan fingerprint density at radius 1 is 1.18 bits per heavy atom. The zero-order valence-corrected chi connectivity index (χ0v) is 10.2. The van der Waals surface area contributed by atoms with Crippen molar-refractivity contribution in [2.45, 2.75) is 26.9 Å². The molecule has 1 atom stereocenters. The Morgan fingerprint density at radius 3 is 2.18 bits per heavy atom. The SMILES string of the molecule is CC(C)(C)C(=O)C(O)C(=O)Nc1ccccc1. The molecule has 1 aromatic carbocycles. The van der Waals surface area contributed by atoms with Crippen molar-refractivity contribution in [1.82, 2.24) is 0 Å². The first-order chi connectivity index (χ1) is 7.82. The number of ketones is 1. The van der Waals surface area contributed by atoms with Gasteiger partial charge in [0.05, 0.1) is 0 Å². The Morgan fingerprint density at radius 2 is 1.71 bits per heavy atom. The number of carbonyl (C=O) groups excluding carboxylic acids is 2. The number of amides is 1. The first-order valence-electron chi connectivity index (χ1n) is 5.40. The zero-order chi connectivity index (χ0) is 13.1. The van der Waals surface area contributed by atoms with E-state index in [-0.39, 0.29) is 0 Å². The summed E-state index contributed by atoms with van der Waals surface area (Å²) in [5.41, 5.74) is -0.189. The Kier molecular flexibility index (Phi) is 4.02. The number of aliphatic hydroxyl groups is 1. The van der Waals surface area contributed by atoms with E-state index in [4.69, 9.17) is 0 Å². The van der Waals surface area contributed by atoms with Crippen LogP contribution in [0.4, 0.5) is 5.69 Å². The fourth-order valence-electron chi connectivity index (χ4n) is 1.26. The van der Waals surface area contributed by atoms with Crippen LogP contribution < -0.4 is 5.32 Å². The molecule has 0 aliphatic rings. The van der Waals surface area contributed by atoms with Crippen molar-refractivity contribution in [2.75, 3.05) is 5.32 Å². The van der Waals surface area contributed by atoms with Gasteiger partial charge in [-0.1, -0.05) is 39.0 Å². The molecule has 0 fully saturated rings. The van der Waals surface area contributed by atoms with Gasteiger partial charge >= 0.3 is 0 Å². The molecule has 0 aliphatic carbocycles. The van der Waals surface area contributed by atoms with Crippen LogP contribution in [0.3, 0.4) is 0 Å². The van der Waals surface area contributed by atoms with Crippen molar-refractivity contribution in [3.05, 3.63) is 30.3 Å². The maximum Gasteiger partial charge on any atom is 0.260 e. The third-order valence-electron chi connectivity index (χ3n) is 2.28. The molecule has 1 rings (SSSR count). The van der Waals surface area contributed by atoms with Gasteiger partial charge in [-0.2, -0.15) is 0 Å². The average Bonchev–Trinajstić information content (AvgIpc) is 2.27. The standard InChI is InChI=1S/C13H17NO3/c1-13(2,3)11(16)10(15)12(17)14-9-7-5-4-6-8-9/h4-8,10,15H,1-3H3,(H,14,17). The Balaban J connectivity index is 2.69. The van der Waals surface area contributed by atoms with E-state index < -0.39 is 23.2 Å². The molecule has 4 nitrogen and oxygen atoms in total. The third-order valence-corrected chi connectivity index (χ3v) is 2.28. The minimum Gasteiger partial charge on any atom is -0.376 e.